The predicted molar refractivity (Wildman–Crippen MR) is 104 cm³/mol. The lowest BCUT2D eigenvalue weighted by molar-refractivity contribution is 0.0597. The molecule has 0 aliphatic rings. The van der Waals surface area contributed by atoms with Crippen molar-refractivity contribution in [2.24, 2.45) is 4.99 Å². The minimum Gasteiger partial charge on any atom is -0.496 e. The van der Waals surface area contributed by atoms with Gasteiger partial charge >= 0.3 is 5.97 Å². The molecule has 1 aromatic carbocycles. The first-order valence-electron chi connectivity index (χ1n) is 7.43. The number of esters is 1. The van der Waals surface area contributed by atoms with Crippen LogP contribution >= 0.6 is 24.0 Å². The molecule has 0 saturated carbocycles. The third-order valence-corrected chi connectivity index (χ3v) is 3.10. The topological polar surface area (TPSA) is 81.2 Å². The molecule has 7 nitrogen and oxygen atoms in total. The quantitative estimate of drug-likeness (QED) is 0.206. The van der Waals surface area contributed by atoms with Gasteiger partial charge in [-0.25, -0.2) is 4.79 Å². The molecule has 0 radical (unpaired) electrons. The Bertz CT molecular complexity index is 538. The summed E-state index contributed by atoms with van der Waals surface area (Å²) in [5.74, 6) is 0.725. The molecule has 0 unspecified atom stereocenters. The number of guanidine groups is 1. The van der Waals surface area contributed by atoms with Gasteiger partial charge in [0.05, 0.1) is 20.8 Å². The first-order chi connectivity index (χ1) is 11.2. The van der Waals surface area contributed by atoms with Crippen molar-refractivity contribution in [1.82, 2.24) is 10.6 Å². The molecule has 0 atom stereocenters. The molecule has 136 valence electrons. The highest BCUT2D eigenvalue weighted by Crippen LogP contribution is 2.20. The number of hydrogen-bond acceptors (Lipinski definition) is 5. The molecule has 0 aliphatic heterocycles. The largest absolute Gasteiger partial charge is 0.496 e. The summed E-state index contributed by atoms with van der Waals surface area (Å²) in [4.78, 5) is 15.9. The molecule has 2 N–H and O–H groups in total. The fourth-order valence-electron chi connectivity index (χ4n) is 1.93. The van der Waals surface area contributed by atoms with Gasteiger partial charge in [-0.3, -0.25) is 4.99 Å². The average molecular weight is 451 g/mol. The highest BCUT2D eigenvalue weighted by Gasteiger charge is 2.13. The molecule has 0 spiro atoms. The fraction of sp³-hybridized carbons (Fsp3) is 0.500. The second kappa shape index (κ2) is 12.8. The monoisotopic (exact) mass is 451 g/mol. The number of carbonyl (C=O) groups excluding carboxylic acids is 1. The van der Waals surface area contributed by atoms with Crippen LogP contribution in [0.25, 0.3) is 0 Å². The van der Waals surface area contributed by atoms with Gasteiger partial charge in [0.1, 0.15) is 11.3 Å². The van der Waals surface area contributed by atoms with Gasteiger partial charge in [-0.2, -0.15) is 0 Å². The molecule has 8 heteroatoms. The lowest BCUT2D eigenvalue weighted by Gasteiger charge is -2.13. The van der Waals surface area contributed by atoms with E-state index in [1.165, 1.54) is 14.2 Å². The van der Waals surface area contributed by atoms with Crippen LogP contribution in [0.4, 0.5) is 0 Å². The van der Waals surface area contributed by atoms with E-state index in [1.807, 2.05) is 13.0 Å². The Balaban J connectivity index is 0.00000529. The van der Waals surface area contributed by atoms with Gasteiger partial charge in [0.25, 0.3) is 0 Å². The number of halogens is 1. The van der Waals surface area contributed by atoms with E-state index >= 15 is 0 Å². The smallest absolute Gasteiger partial charge is 0.341 e. The van der Waals surface area contributed by atoms with Crippen molar-refractivity contribution in [2.45, 2.75) is 13.5 Å². The van der Waals surface area contributed by atoms with Crippen molar-refractivity contribution in [1.29, 1.82) is 0 Å². The molecule has 0 saturated heterocycles. The zero-order valence-electron chi connectivity index (χ0n) is 14.5. The van der Waals surface area contributed by atoms with Crippen LogP contribution in [0.15, 0.2) is 23.2 Å². The van der Waals surface area contributed by atoms with E-state index in [0.29, 0.717) is 43.6 Å². The van der Waals surface area contributed by atoms with Gasteiger partial charge in [-0.15, -0.1) is 24.0 Å². The minimum atomic E-state index is -0.428. The van der Waals surface area contributed by atoms with Crippen molar-refractivity contribution in [3.63, 3.8) is 0 Å². The summed E-state index contributed by atoms with van der Waals surface area (Å²) in [5, 5.41) is 6.32. The highest BCUT2D eigenvalue weighted by molar-refractivity contribution is 14.0. The van der Waals surface area contributed by atoms with Crippen molar-refractivity contribution >= 4 is 35.9 Å². The Labute approximate surface area is 160 Å². The first kappa shape index (κ1) is 22.4. The zero-order valence-corrected chi connectivity index (χ0v) is 16.9. The number of benzene rings is 1. The van der Waals surface area contributed by atoms with Crippen molar-refractivity contribution < 1.29 is 19.0 Å². The zero-order chi connectivity index (χ0) is 17.1. The van der Waals surface area contributed by atoms with Crippen LogP contribution in [0, 0.1) is 0 Å². The normalized spacial score (nSPS) is 10.6. The van der Waals surface area contributed by atoms with Gasteiger partial charge in [-0.1, -0.05) is 6.07 Å². The maximum absolute atomic E-state index is 11.8. The number of ether oxygens (including phenoxy) is 3. The summed E-state index contributed by atoms with van der Waals surface area (Å²) in [6, 6.07) is 5.37. The Morgan fingerprint density at radius 1 is 1.25 bits per heavy atom. The Morgan fingerprint density at radius 3 is 2.58 bits per heavy atom. The van der Waals surface area contributed by atoms with E-state index in [-0.39, 0.29) is 24.0 Å². The van der Waals surface area contributed by atoms with Gasteiger partial charge in [-0.05, 0) is 24.6 Å². The maximum atomic E-state index is 11.8. The summed E-state index contributed by atoms with van der Waals surface area (Å²) < 4.78 is 15.2. The molecule has 0 amide bonds. The number of aliphatic imine (C=N–C) groups is 1. The Kier molecular flexibility index (Phi) is 12.0. The lowest BCUT2D eigenvalue weighted by atomic mass is 10.1. The summed E-state index contributed by atoms with van der Waals surface area (Å²) in [5.41, 5.74) is 1.31. The maximum Gasteiger partial charge on any atom is 0.341 e. The molecule has 0 bridgehead atoms. The molecular weight excluding hydrogens is 425 g/mol. The highest BCUT2D eigenvalue weighted by atomic mass is 127. The fourth-order valence-corrected chi connectivity index (χ4v) is 1.93. The van der Waals surface area contributed by atoms with E-state index in [9.17, 15) is 4.79 Å². The number of methoxy groups -OCH3 is 2. The molecule has 24 heavy (non-hydrogen) atoms. The first-order valence-corrected chi connectivity index (χ1v) is 7.43. The van der Waals surface area contributed by atoms with E-state index in [1.54, 1.807) is 19.2 Å². The Morgan fingerprint density at radius 2 is 2.00 bits per heavy atom. The molecule has 0 heterocycles. The molecule has 0 aromatic heterocycles. The number of carbonyl (C=O) groups is 1. The number of nitrogens with one attached hydrogen (secondary N) is 2. The lowest BCUT2D eigenvalue weighted by Crippen LogP contribution is -2.38. The third-order valence-electron chi connectivity index (χ3n) is 3.10. The summed E-state index contributed by atoms with van der Waals surface area (Å²) >= 11 is 0. The molecule has 1 rings (SSSR count). The van der Waals surface area contributed by atoms with Crippen molar-refractivity contribution in [3.05, 3.63) is 29.3 Å². The summed E-state index contributed by atoms with van der Waals surface area (Å²) in [6.07, 6.45) is 0. The predicted octanol–water partition coefficient (Wildman–Crippen LogP) is 1.80. The molecule has 1 aromatic rings. The SMILES string of the molecule is CCOCCNC(=NC)NCc1ccc(OC)c(C(=O)OC)c1.I. The van der Waals surface area contributed by atoms with Crippen LogP contribution in [0.3, 0.4) is 0 Å². The average Bonchev–Trinajstić information content (AvgIpc) is 2.60. The van der Waals surface area contributed by atoms with Crippen LogP contribution < -0.4 is 15.4 Å². The number of hydrogen-bond donors (Lipinski definition) is 2. The van der Waals surface area contributed by atoms with Crippen molar-refractivity contribution in [2.75, 3.05) is 41.0 Å². The van der Waals surface area contributed by atoms with Crippen LogP contribution in [-0.4, -0.2) is 53.0 Å². The van der Waals surface area contributed by atoms with Crippen LogP contribution in [-0.2, 0) is 16.0 Å². The molecule has 0 aliphatic carbocycles. The van der Waals surface area contributed by atoms with Crippen LogP contribution in [0.5, 0.6) is 5.75 Å². The van der Waals surface area contributed by atoms with E-state index in [2.05, 4.69) is 15.6 Å². The molecular formula is C16H26IN3O4. The second-order valence-corrected chi connectivity index (χ2v) is 4.58. The van der Waals surface area contributed by atoms with Crippen molar-refractivity contribution in [3.8, 4) is 5.75 Å². The van der Waals surface area contributed by atoms with Gasteiger partial charge in [0, 0.05) is 26.7 Å². The van der Waals surface area contributed by atoms with Gasteiger partial charge in [0.2, 0.25) is 0 Å². The molecule has 0 fully saturated rings. The number of nitrogens with zero attached hydrogens (tertiary/aromatic N) is 1. The summed E-state index contributed by atoms with van der Waals surface area (Å²) in [7, 11) is 4.56. The summed E-state index contributed by atoms with van der Waals surface area (Å²) in [6.45, 7) is 4.45. The van der Waals surface area contributed by atoms with E-state index in [0.717, 1.165) is 5.56 Å². The van der Waals surface area contributed by atoms with E-state index < -0.39 is 5.97 Å². The minimum absolute atomic E-state index is 0. The van der Waals surface area contributed by atoms with Crippen LogP contribution in [0.2, 0.25) is 0 Å². The van der Waals surface area contributed by atoms with E-state index in [4.69, 9.17) is 14.2 Å². The standard InChI is InChI=1S/C16H25N3O4.HI/c1-5-23-9-8-18-16(17-2)19-11-12-6-7-14(21-3)13(10-12)15(20)22-4;/h6-7,10H,5,8-9,11H2,1-4H3,(H2,17,18,19);1H. The number of rotatable bonds is 8. The second-order valence-electron chi connectivity index (χ2n) is 4.58. The Hall–Kier alpha value is -1.55. The van der Waals surface area contributed by atoms with Crippen LogP contribution in [0.1, 0.15) is 22.8 Å². The van der Waals surface area contributed by atoms with Gasteiger partial charge in [0.15, 0.2) is 5.96 Å². The third kappa shape index (κ3) is 7.35. The van der Waals surface area contributed by atoms with Gasteiger partial charge < -0.3 is 24.8 Å².